The molecular formula is C15H18O4. The Morgan fingerprint density at radius 3 is 2.58 bits per heavy atom. The fourth-order valence-electron chi connectivity index (χ4n) is 1.36. The lowest BCUT2D eigenvalue weighted by atomic mass is 10.2. The largest absolute Gasteiger partial charge is 0.497 e. The highest BCUT2D eigenvalue weighted by Crippen LogP contribution is 2.12. The van der Waals surface area contributed by atoms with Crippen LogP contribution in [0.1, 0.15) is 12.5 Å². The van der Waals surface area contributed by atoms with E-state index in [0.717, 1.165) is 11.3 Å². The van der Waals surface area contributed by atoms with Crippen molar-refractivity contribution < 1.29 is 19.4 Å². The molecule has 0 aliphatic heterocycles. The fourth-order valence-corrected chi connectivity index (χ4v) is 1.36. The van der Waals surface area contributed by atoms with E-state index < -0.39 is 12.1 Å². The van der Waals surface area contributed by atoms with E-state index in [9.17, 15) is 9.90 Å². The minimum Gasteiger partial charge on any atom is -0.497 e. The average Bonchev–Trinajstić information content (AvgIpc) is 2.44. The molecule has 0 radical (unpaired) electrons. The second-order valence-corrected chi connectivity index (χ2v) is 3.71. The zero-order valence-electron chi connectivity index (χ0n) is 11.1. The van der Waals surface area contributed by atoms with Crippen molar-refractivity contribution in [2.45, 2.75) is 13.0 Å². The van der Waals surface area contributed by atoms with Gasteiger partial charge in [0.25, 0.3) is 0 Å². The predicted molar refractivity (Wildman–Crippen MR) is 73.8 cm³/mol. The lowest BCUT2D eigenvalue weighted by molar-refractivity contribution is -0.150. The van der Waals surface area contributed by atoms with Crippen molar-refractivity contribution in [3.63, 3.8) is 0 Å². The normalized spacial score (nSPS) is 12.8. The van der Waals surface area contributed by atoms with Gasteiger partial charge in [-0.2, -0.15) is 0 Å². The maximum Gasteiger partial charge on any atom is 0.339 e. The second kappa shape index (κ2) is 8.11. The van der Waals surface area contributed by atoms with Crippen molar-refractivity contribution in [3.05, 3.63) is 48.1 Å². The summed E-state index contributed by atoms with van der Waals surface area (Å²) in [6, 6.07) is 7.53. The van der Waals surface area contributed by atoms with Gasteiger partial charge in [0.15, 0.2) is 6.10 Å². The molecule has 1 rings (SSSR count). The Bertz CT molecular complexity index is 446. The maximum absolute atomic E-state index is 11.1. The van der Waals surface area contributed by atoms with Crippen molar-refractivity contribution >= 4 is 12.0 Å². The zero-order valence-corrected chi connectivity index (χ0v) is 11.1. The summed E-state index contributed by atoms with van der Waals surface area (Å²) in [4.78, 5) is 11.1. The van der Waals surface area contributed by atoms with Gasteiger partial charge in [0.2, 0.25) is 0 Å². The molecule has 0 bridgehead atoms. The molecule has 0 saturated carbocycles. The number of hydrogen-bond acceptors (Lipinski definition) is 4. The van der Waals surface area contributed by atoms with E-state index in [0.29, 0.717) is 0 Å². The minimum absolute atomic E-state index is 0.255. The molecule has 0 fully saturated rings. The number of carbonyl (C=O) groups excluding carboxylic acids is 1. The molecule has 1 aromatic rings. The standard InChI is InChI=1S/C15H18O4/c1-3-19-15(17)14(16)7-5-4-6-12-8-10-13(18-2)11-9-12/h4-11,14,16H,3H2,1-2H3/b6-4+,7-5+/t14-/m1/s1. The van der Waals surface area contributed by atoms with Gasteiger partial charge in [0, 0.05) is 0 Å². The van der Waals surface area contributed by atoms with Crippen LogP contribution < -0.4 is 4.74 Å². The van der Waals surface area contributed by atoms with E-state index in [4.69, 9.17) is 4.74 Å². The van der Waals surface area contributed by atoms with Gasteiger partial charge in [-0.05, 0) is 30.7 Å². The summed E-state index contributed by atoms with van der Waals surface area (Å²) in [6.45, 7) is 1.95. The van der Waals surface area contributed by atoms with E-state index in [1.165, 1.54) is 6.08 Å². The van der Waals surface area contributed by atoms with Crippen LogP contribution in [-0.2, 0) is 9.53 Å². The number of benzene rings is 1. The van der Waals surface area contributed by atoms with Crippen molar-refractivity contribution in [2.75, 3.05) is 13.7 Å². The van der Waals surface area contributed by atoms with Crippen LogP contribution in [0.3, 0.4) is 0 Å². The molecule has 0 unspecified atom stereocenters. The Morgan fingerprint density at radius 1 is 1.32 bits per heavy atom. The molecule has 1 atom stereocenters. The monoisotopic (exact) mass is 262 g/mol. The molecule has 0 aromatic heterocycles. The lowest BCUT2D eigenvalue weighted by Crippen LogP contribution is -2.20. The summed E-state index contributed by atoms with van der Waals surface area (Å²) in [5.41, 5.74) is 0.996. The quantitative estimate of drug-likeness (QED) is 0.630. The van der Waals surface area contributed by atoms with Gasteiger partial charge in [-0.3, -0.25) is 0 Å². The van der Waals surface area contributed by atoms with Crippen molar-refractivity contribution in [1.29, 1.82) is 0 Å². The summed E-state index contributed by atoms with van der Waals surface area (Å²) in [5, 5.41) is 9.40. The average molecular weight is 262 g/mol. The van der Waals surface area contributed by atoms with Crippen LogP contribution in [0.15, 0.2) is 42.5 Å². The number of rotatable bonds is 6. The minimum atomic E-state index is -1.22. The van der Waals surface area contributed by atoms with Gasteiger partial charge in [-0.25, -0.2) is 4.79 Å². The number of aliphatic hydroxyl groups is 1. The third-order valence-electron chi connectivity index (χ3n) is 2.34. The Morgan fingerprint density at radius 2 is 2.00 bits per heavy atom. The van der Waals surface area contributed by atoms with E-state index in [-0.39, 0.29) is 6.61 Å². The van der Waals surface area contributed by atoms with Gasteiger partial charge in [-0.1, -0.05) is 30.4 Å². The first-order valence-electron chi connectivity index (χ1n) is 6.01. The molecule has 0 heterocycles. The van der Waals surface area contributed by atoms with Gasteiger partial charge in [-0.15, -0.1) is 0 Å². The number of allylic oxidation sites excluding steroid dienone is 2. The SMILES string of the molecule is CCOC(=O)[C@H](O)/C=C/C=C/c1ccc(OC)cc1. The van der Waals surface area contributed by atoms with Crippen LogP contribution in [0.2, 0.25) is 0 Å². The number of ether oxygens (including phenoxy) is 2. The van der Waals surface area contributed by atoms with Crippen LogP contribution in [0.25, 0.3) is 6.08 Å². The number of aliphatic hydroxyl groups excluding tert-OH is 1. The van der Waals surface area contributed by atoms with Crippen LogP contribution in [0, 0.1) is 0 Å². The molecule has 4 nitrogen and oxygen atoms in total. The Hall–Kier alpha value is -2.07. The third-order valence-corrected chi connectivity index (χ3v) is 2.34. The molecule has 0 saturated heterocycles. The van der Waals surface area contributed by atoms with Crippen LogP contribution in [0.5, 0.6) is 5.75 Å². The summed E-state index contributed by atoms with van der Waals surface area (Å²) >= 11 is 0. The van der Waals surface area contributed by atoms with Crippen molar-refractivity contribution in [3.8, 4) is 5.75 Å². The molecule has 0 spiro atoms. The summed E-state index contributed by atoms with van der Waals surface area (Å²) < 4.78 is 9.72. The summed E-state index contributed by atoms with van der Waals surface area (Å²) in [7, 11) is 1.62. The molecular weight excluding hydrogens is 244 g/mol. The smallest absolute Gasteiger partial charge is 0.339 e. The highest BCUT2D eigenvalue weighted by Gasteiger charge is 2.10. The first-order valence-corrected chi connectivity index (χ1v) is 6.01. The number of methoxy groups -OCH3 is 1. The van der Waals surface area contributed by atoms with E-state index in [1.54, 1.807) is 26.2 Å². The molecule has 19 heavy (non-hydrogen) atoms. The van der Waals surface area contributed by atoms with Gasteiger partial charge >= 0.3 is 5.97 Å². The van der Waals surface area contributed by atoms with E-state index in [2.05, 4.69) is 4.74 Å². The Labute approximate surface area is 113 Å². The molecule has 102 valence electrons. The maximum atomic E-state index is 11.1. The first-order chi connectivity index (χ1) is 9.17. The topological polar surface area (TPSA) is 55.8 Å². The molecule has 1 N–H and O–H groups in total. The summed E-state index contributed by atoms with van der Waals surface area (Å²) in [6.07, 6.45) is 5.35. The van der Waals surface area contributed by atoms with Crippen LogP contribution in [0.4, 0.5) is 0 Å². The highest BCUT2D eigenvalue weighted by molar-refractivity contribution is 5.76. The zero-order chi connectivity index (χ0) is 14.1. The van der Waals surface area contributed by atoms with Gasteiger partial charge in [0.05, 0.1) is 13.7 Å². The lowest BCUT2D eigenvalue weighted by Gasteiger charge is -2.03. The number of carbonyl (C=O) groups is 1. The molecule has 1 aromatic carbocycles. The van der Waals surface area contributed by atoms with E-state index in [1.807, 2.05) is 30.3 Å². The van der Waals surface area contributed by atoms with Crippen LogP contribution in [-0.4, -0.2) is 30.9 Å². The first kappa shape index (κ1) is 15.0. The van der Waals surface area contributed by atoms with Crippen molar-refractivity contribution in [2.24, 2.45) is 0 Å². The highest BCUT2D eigenvalue weighted by atomic mass is 16.5. The second-order valence-electron chi connectivity index (χ2n) is 3.71. The number of hydrogen-bond donors (Lipinski definition) is 1. The van der Waals surface area contributed by atoms with Gasteiger partial charge in [0.1, 0.15) is 5.75 Å². The van der Waals surface area contributed by atoms with Crippen molar-refractivity contribution in [1.82, 2.24) is 0 Å². The summed E-state index contributed by atoms with van der Waals surface area (Å²) in [5.74, 6) is 0.155. The Kier molecular flexibility index (Phi) is 6.39. The molecule has 0 aliphatic carbocycles. The third kappa shape index (κ3) is 5.40. The fraction of sp³-hybridized carbons (Fsp3) is 0.267. The molecule has 0 aliphatic rings. The predicted octanol–water partition coefficient (Wildman–Crippen LogP) is 2.19. The van der Waals surface area contributed by atoms with Crippen LogP contribution >= 0.6 is 0 Å². The molecule has 4 heteroatoms. The van der Waals surface area contributed by atoms with E-state index >= 15 is 0 Å². The molecule has 0 amide bonds. The Balaban J connectivity index is 2.50. The number of esters is 1. The van der Waals surface area contributed by atoms with Gasteiger partial charge < -0.3 is 14.6 Å².